The van der Waals surface area contributed by atoms with Gasteiger partial charge in [-0.25, -0.2) is 0 Å². The molecule has 3 nitrogen and oxygen atoms in total. The van der Waals surface area contributed by atoms with Crippen LogP contribution in [-0.4, -0.2) is 23.2 Å². The summed E-state index contributed by atoms with van der Waals surface area (Å²) in [4.78, 5) is 12.0. The highest BCUT2D eigenvalue weighted by Crippen LogP contribution is 2.15. The minimum atomic E-state index is -0.782. The second-order valence-electron chi connectivity index (χ2n) is 5.52. The predicted molar refractivity (Wildman–Crippen MR) is 76.5 cm³/mol. The third-order valence-corrected chi connectivity index (χ3v) is 3.67. The summed E-state index contributed by atoms with van der Waals surface area (Å²) < 4.78 is 0. The summed E-state index contributed by atoms with van der Waals surface area (Å²) in [7, 11) is 0. The van der Waals surface area contributed by atoms with E-state index in [0.29, 0.717) is 13.0 Å². The first-order valence-electron chi connectivity index (χ1n) is 7.46. The van der Waals surface area contributed by atoms with E-state index >= 15 is 0 Å². The third-order valence-electron chi connectivity index (χ3n) is 3.67. The summed E-state index contributed by atoms with van der Waals surface area (Å²) in [5.41, 5.74) is -0.782. The Labute approximate surface area is 112 Å². The SMILES string of the molecule is CCCCCC[C@H](CC)C(=O)NC[C@](C)(O)CC. The zero-order valence-corrected chi connectivity index (χ0v) is 12.6. The Bertz CT molecular complexity index is 227. The normalized spacial score (nSPS) is 16.1. The minimum absolute atomic E-state index is 0.0997. The predicted octanol–water partition coefficient (Wildman–Crippen LogP) is 3.26. The largest absolute Gasteiger partial charge is 0.388 e. The van der Waals surface area contributed by atoms with Crippen molar-refractivity contribution in [2.24, 2.45) is 5.92 Å². The first-order chi connectivity index (χ1) is 8.46. The van der Waals surface area contributed by atoms with Crippen LogP contribution in [0.4, 0.5) is 0 Å². The van der Waals surface area contributed by atoms with Crippen molar-refractivity contribution in [2.75, 3.05) is 6.54 Å². The first-order valence-corrected chi connectivity index (χ1v) is 7.46. The number of amides is 1. The average molecular weight is 257 g/mol. The van der Waals surface area contributed by atoms with Crippen LogP contribution < -0.4 is 5.32 Å². The molecular formula is C15H31NO2. The molecule has 0 saturated heterocycles. The molecule has 0 unspecified atom stereocenters. The average Bonchev–Trinajstić information content (AvgIpc) is 2.36. The van der Waals surface area contributed by atoms with Gasteiger partial charge in [0.25, 0.3) is 0 Å². The molecule has 0 aromatic rings. The fraction of sp³-hybridized carbons (Fsp3) is 0.933. The van der Waals surface area contributed by atoms with E-state index in [1.807, 2.05) is 6.92 Å². The highest BCUT2D eigenvalue weighted by atomic mass is 16.3. The van der Waals surface area contributed by atoms with Crippen molar-refractivity contribution < 1.29 is 9.90 Å². The maximum Gasteiger partial charge on any atom is 0.223 e. The van der Waals surface area contributed by atoms with Gasteiger partial charge < -0.3 is 10.4 Å². The standard InChI is InChI=1S/C15H31NO2/c1-5-8-9-10-11-13(6-2)14(17)16-12-15(4,18)7-3/h13,18H,5-12H2,1-4H3,(H,16,17)/t13-,15+/m0/s1. The van der Waals surface area contributed by atoms with Crippen LogP contribution in [0.1, 0.15) is 72.6 Å². The Hall–Kier alpha value is -0.570. The highest BCUT2D eigenvalue weighted by Gasteiger charge is 2.21. The van der Waals surface area contributed by atoms with E-state index in [-0.39, 0.29) is 11.8 Å². The van der Waals surface area contributed by atoms with Crippen molar-refractivity contribution in [3.05, 3.63) is 0 Å². The number of carbonyl (C=O) groups is 1. The van der Waals surface area contributed by atoms with Gasteiger partial charge in [-0.15, -0.1) is 0 Å². The second kappa shape index (κ2) is 9.37. The zero-order valence-electron chi connectivity index (χ0n) is 12.6. The molecular weight excluding hydrogens is 226 g/mol. The van der Waals surface area contributed by atoms with E-state index in [1.165, 1.54) is 19.3 Å². The van der Waals surface area contributed by atoms with Gasteiger partial charge in [-0.1, -0.05) is 46.5 Å². The highest BCUT2D eigenvalue weighted by molar-refractivity contribution is 5.78. The molecule has 0 saturated carbocycles. The number of carbonyl (C=O) groups excluding carboxylic acids is 1. The lowest BCUT2D eigenvalue weighted by Gasteiger charge is -2.23. The summed E-state index contributed by atoms with van der Waals surface area (Å²) in [5.74, 6) is 0.206. The summed E-state index contributed by atoms with van der Waals surface area (Å²) >= 11 is 0. The molecule has 0 aliphatic heterocycles. The molecule has 0 rings (SSSR count). The number of aliphatic hydroxyl groups is 1. The van der Waals surface area contributed by atoms with Crippen molar-refractivity contribution in [1.82, 2.24) is 5.32 Å². The Morgan fingerprint density at radius 1 is 1.22 bits per heavy atom. The molecule has 18 heavy (non-hydrogen) atoms. The Kier molecular flexibility index (Phi) is 9.08. The Morgan fingerprint density at radius 2 is 1.89 bits per heavy atom. The molecule has 0 aliphatic carbocycles. The fourth-order valence-electron chi connectivity index (χ4n) is 1.88. The lowest BCUT2D eigenvalue weighted by atomic mass is 9.96. The number of rotatable bonds is 10. The van der Waals surface area contributed by atoms with Crippen LogP contribution in [0.15, 0.2) is 0 Å². The fourth-order valence-corrected chi connectivity index (χ4v) is 1.88. The van der Waals surface area contributed by atoms with Crippen LogP contribution in [0.5, 0.6) is 0 Å². The van der Waals surface area contributed by atoms with Gasteiger partial charge in [-0.2, -0.15) is 0 Å². The summed E-state index contributed by atoms with van der Waals surface area (Å²) in [5, 5.41) is 12.7. The van der Waals surface area contributed by atoms with E-state index < -0.39 is 5.60 Å². The lowest BCUT2D eigenvalue weighted by molar-refractivity contribution is -0.126. The van der Waals surface area contributed by atoms with Crippen molar-refractivity contribution in [3.63, 3.8) is 0 Å². The van der Waals surface area contributed by atoms with Crippen LogP contribution >= 0.6 is 0 Å². The molecule has 0 spiro atoms. The number of hydrogen-bond donors (Lipinski definition) is 2. The Morgan fingerprint density at radius 3 is 2.39 bits per heavy atom. The van der Waals surface area contributed by atoms with E-state index in [1.54, 1.807) is 6.92 Å². The molecule has 0 fully saturated rings. The van der Waals surface area contributed by atoms with Crippen LogP contribution in [0.2, 0.25) is 0 Å². The molecule has 0 aliphatic rings. The summed E-state index contributed by atoms with van der Waals surface area (Å²) in [6.07, 6.45) is 7.32. The Balaban J connectivity index is 3.96. The second-order valence-corrected chi connectivity index (χ2v) is 5.52. The van der Waals surface area contributed by atoms with Gasteiger partial charge in [0.2, 0.25) is 5.91 Å². The van der Waals surface area contributed by atoms with Crippen LogP contribution in [-0.2, 0) is 4.79 Å². The minimum Gasteiger partial charge on any atom is -0.388 e. The van der Waals surface area contributed by atoms with Crippen molar-refractivity contribution in [3.8, 4) is 0 Å². The molecule has 0 aromatic heterocycles. The van der Waals surface area contributed by atoms with E-state index in [2.05, 4.69) is 19.2 Å². The van der Waals surface area contributed by atoms with Gasteiger partial charge in [0.15, 0.2) is 0 Å². The topological polar surface area (TPSA) is 49.3 Å². The van der Waals surface area contributed by atoms with Crippen LogP contribution in [0, 0.1) is 5.92 Å². The van der Waals surface area contributed by atoms with Gasteiger partial charge in [-0.05, 0) is 26.2 Å². The molecule has 2 N–H and O–H groups in total. The molecule has 0 bridgehead atoms. The first kappa shape index (κ1) is 17.4. The number of unbranched alkanes of at least 4 members (excludes halogenated alkanes) is 3. The maximum absolute atomic E-state index is 12.0. The lowest BCUT2D eigenvalue weighted by Crippen LogP contribution is -2.42. The van der Waals surface area contributed by atoms with E-state index in [9.17, 15) is 9.90 Å². The van der Waals surface area contributed by atoms with Crippen LogP contribution in [0.3, 0.4) is 0 Å². The molecule has 0 radical (unpaired) electrons. The quantitative estimate of drug-likeness (QED) is 0.590. The van der Waals surface area contributed by atoms with E-state index in [4.69, 9.17) is 0 Å². The summed E-state index contributed by atoms with van der Waals surface area (Å²) in [6, 6.07) is 0. The monoisotopic (exact) mass is 257 g/mol. The van der Waals surface area contributed by atoms with Crippen molar-refractivity contribution in [1.29, 1.82) is 0 Å². The number of hydrogen-bond acceptors (Lipinski definition) is 2. The van der Waals surface area contributed by atoms with E-state index in [0.717, 1.165) is 19.3 Å². The van der Waals surface area contributed by atoms with Crippen molar-refractivity contribution >= 4 is 5.91 Å². The number of nitrogens with one attached hydrogen (secondary N) is 1. The van der Waals surface area contributed by atoms with Gasteiger partial charge in [-0.3, -0.25) is 4.79 Å². The van der Waals surface area contributed by atoms with Gasteiger partial charge in [0, 0.05) is 12.5 Å². The molecule has 1 amide bonds. The molecule has 0 aromatic carbocycles. The van der Waals surface area contributed by atoms with Gasteiger partial charge in [0.05, 0.1) is 5.60 Å². The summed E-state index contributed by atoms with van der Waals surface area (Å²) in [6.45, 7) is 8.29. The van der Waals surface area contributed by atoms with Crippen LogP contribution in [0.25, 0.3) is 0 Å². The molecule has 108 valence electrons. The van der Waals surface area contributed by atoms with Crippen molar-refractivity contribution in [2.45, 2.75) is 78.2 Å². The third kappa shape index (κ3) is 7.70. The zero-order chi connectivity index (χ0) is 14.0. The van der Waals surface area contributed by atoms with Gasteiger partial charge in [0.1, 0.15) is 0 Å². The smallest absolute Gasteiger partial charge is 0.223 e. The maximum atomic E-state index is 12.0. The molecule has 0 heterocycles. The molecule has 3 heteroatoms. The van der Waals surface area contributed by atoms with Gasteiger partial charge >= 0.3 is 0 Å². The molecule has 2 atom stereocenters.